The molecule has 1 saturated carbocycles. The first-order valence-corrected chi connectivity index (χ1v) is 14.1. The molecule has 9 heteroatoms. The Hall–Kier alpha value is -3.88. The summed E-state index contributed by atoms with van der Waals surface area (Å²) in [5, 5.41) is 0. The molecule has 2 aromatic rings. The fourth-order valence-electron chi connectivity index (χ4n) is 6.13. The number of ether oxygens (including phenoxy) is 5. The van der Waals surface area contributed by atoms with Crippen LogP contribution in [0, 0.1) is 17.8 Å². The average molecular weight is 567 g/mol. The average Bonchev–Trinajstić information content (AvgIpc) is 3.26. The SMILES string of the molecule is CC(=O)O[C@@H](C)CC[C@@H]1[C@H]2Cc3cccc(OCC(=O)OCC(=O)OCc4ccccc4)c3C[C@H]2C[C@H]1OC(C)=O. The third kappa shape index (κ3) is 8.55. The summed E-state index contributed by atoms with van der Waals surface area (Å²) in [5.74, 6) is -0.511. The zero-order valence-corrected chi connectivity index (χ0v) is 23.8. The van der Waals surface area contributed by atoms with Crippen molar-refractivity contribution in [2.75, 3.05) is 13.2 Å². The molecular weight excluding hydrogens is 528 g/mol. The number of carbonyl (C=O) groups excluding carboxylic acids is 4. The Labute approximate surface area is 240 Å². The molecule has 0 heterocycles. The molecule has 41 heavy (non-hydrogen) atoms. The molecule has 0 aromatic heterocycles. The lowest BCUT2D eigenvalue weighted by molar-refractivity contribution is -0.160. The normalized spacial score (nSPS) is 21.5. The van der Waals surface area contributed by atoms with Crippen LogP contribution >= 0.6 is 0 Å². The third-order valence-electron chi connectivity index (χ3n) is 7.85. The summed E-state index contributed by atoms with van der Waals surface area (Å²) in [5.41, 5.74) is 3.03. The van der Waals surface area contributed by atoms with Gasteiger partial charge in [0.25, 0.3) is 0 Å². The van der Waals surface area contributed by atoms with E-state index >= 15 is 0 Å². The van der Waals surface area contributed by atoms with Crippen LogP contribution in [0.3, 0.4) is 0 Å². The van der Waals surface area contributed by atoms with Crippen LogP contribution in [0.25, 0.3) is 0 Å². The van der Waals surface area contributed by atoms with Crippen molar-refractivity contribution in [3.8, 4) is 5.75 Å². The molecule has 0 N–H and O–H groups in total. The first-order valence-electron chi connectivity index (χ1n) is 14.1. The van der Waals surface area contributed by atoms with Gasteiger partial charge in [0, 0.05) is 13.8 Å². The second-order valence-corrected chi connectivity index (χ2v) is 10.9. The van der Waals surface area contributed by atoms with E-state index in [1.807, 2.05) is 49.4 Å². The van der Waals surface area contributed by atoms with Crippen molar-refractivity contribution in [3.05, 3.63) is 65.2 Å². The Morgan fingerprint density at radius 2 is 1.63 bits per heavy atom. The van der Waals surface area contributed by atoms with Gasteiger partial charge >= 0.3 is 23.9 Å². The predicted molar refractivity (Wildman–Crippen MR) is 148 cm³/mol. The predicted octanol–water partition coefficient (Wildman–Crippen LogP) is 4.37. The Morgan fingerprint density at radius 3 is 2.37 bits per heavy atom. The van der Waals surface area contributed by atoms with E-state index in [4.69, 9.17) is 23.7 Å². The van der Waals surface area contributed by atoms with Gasteiger partial charge in [0.1, 0.15) is 18.5 Å². The number of esters is 4. The summed E-state index contributed by atoms with van der Waals surface area (Å²) >= 11 is 0. The molecule has 2 aromatic carbocycles. The van der Waals surface area contributed by atoms with Gasteiger partial charge in [0.15, 0.2) is 13.2 Å². The Bertz CT molecular complexity index is 1220. The lowest BCUT2D eigenvalue weighted by Gasteiger charge is -2.32. The second-order valence-electron chi connectivity index (χ2n) is 10.9. The molecule has 0 bridgehead atoms. The highest BCUT2D eigenvalue weighted by Gasteiger charge is 2.47. The van der Waals surface area contributed by atoms with Crippen LogP contribution in [0.4, 0.5) is 0 Å². The Kier molecular flexibility index (Phi) is 10.4. The number of carbonyl (C=O) groups is 4. The van der Waals surface area contributed by atoms with Gasteiger partial charge in [-0.05, 0) is 79.5 Å². The van der Waals surface area contributed by atoms with Crippen LogP contribution in [0.1, 0.15) is 56.7 Å². The van der Waals surface area contributed by atoms with Gasteiger partial charge in [-0.3, -0.25) is 9.59 Å². The largest absolute Gasteiger partial charge is 0.482 e. The lowest BCUT2D eigenvalue weighted by Crippen LogP contribution is -2.29. The van der Waals surface area contributed by atoms with Crippen molar-refractivity contribution in [2.45, 2.75) is 71.7 Å². The summed E-state index contributed by atoms with van der Waals surface area (Å²) in [6.45, 7) is 4.01. The van der Waals surface area contributed by atoms with Crippen LogP contribution in [0.15, 0.2) is 48.5 Å². The van der Waals surface area contributed by atoms with E-state index in [2.05, 4.69) is 6.07 Å². The van der Waals surface area contributed by atoms with E-state index in [0.717, 1.165) is 42.4 Å². The molecule has 0 unspecified atom stereocenters. The highest BCUT2D eigenvalue weighted by atomic mass is 16.6. The van der Waals surface area contributed by atoms with E-state index < -0.39 is 18.5 Å². The first-order chi connectivity index (χ1) is 19.7. The van der Waals surface area contributed by atoms with Crippen molar-refractivity contribution in [1.29, 1.82) is 0 Å². The number of fused-ring (bicyclic) bond motifs is 2. The maximum Gasteiger partial charge on any atom is 0.344 e. The monoisotopic (exact) mass is 566 g/mol. The van der Waals surface area contributed by atoms with Gasteiger partial charge in [-0.25, -0.2) is 9.59 Å². The van der Waals surface area contributed by atoms with Crippen molar-refractivity contribution >= 4 is 23.9 Å². The molecule has 0 radical (unpaired) electrons. The summed E-state index contributed by atoms with van der Waals surface area (Å²) in [6, 6.07) is 15.0. The van der Waals surface area contributed by atoms with E-state index in [1.54, 1.807) is 0 Å². The number of hydrogen-bond acceptors (Lipinski definition) is 9. The van der Waals surface area contributed by atoms with Crippen LogP contribution in [0.5, 0.6) is 5.75 Å². The van der Waals surface area contributed by atoms with Crippen LogP contribution < -0.4 is 4.74 Å². The number of hydrogen-bond donors (Lipinski definition) is 0. The highest BCUT2D eigenvalue weighted by Crippen LogP contribution is 2.49. The summed E-state index contributed by atoms with van der Waals surface area (Å²) < 4.78 is 27.1. The molecule has 4 rings (SSSR count). The van der Waals surface area contributed by atoms with Gasteiger partial charge in [0.2, 0.25) is 0 Å². The molecular formula is C32H38O9. The van der Waals surface area contributed by atoms with E-state index in [1.165, 1.54) is 13.8 Å². The highest BCUT2D eigenvalue weighted by molar-refractivity contribution is 5.77. The van der Waals surface area contributed by atoms with Gasteiger partial charge in [-0.2, -0.15) is 0 Å². The van der Waals surface area contributed by atoms with Crippen molar-refractivity contribution < 1.29 is 42.9 Å². The van der Waals surface area contributed by atoms with Crippen molar-refractivity contribution in [1.82, 2.24) is 0 Å². The summed E-state index contributed by atoms with van der Waals surface area (Å²) in [6.07, 6.45) is 3.39. The molecule has 1 fully saturated rings. The van der Waals surface area contributed by atoms with E-state index in [0.29, 0.717) is 18.1 Å². The molecule has 0 saturated heterocycles. The summed E-state index contributed by atoms with van der Waals surface area (Å²) in [4.78, 5) is 47.5. The van der Waals surface area contributed by atoms with Crippen LogP contribution in [-0.2, 0) is 57.6 Å². The van der Waals surface area contributed by atoms with E-state index in [-0.39, 0.29) is 49.2 Å². The minimum absolute atomic E-state index is 0.108. The minimum atomic E-state index is -0.661. The third-order valence-corrected chi connectivity index (χ3v) is 7.85. The lowest BCUT2D eigenvalue weighted by atomic mass is 9.73. The fourth-order valence-corrected chi connectivity index (χ4v) is 6.13. The molecule has 9 nitrogen and oxygen atoms in total. The minimum Gasteiger partial charge on any atom is -0.482 e. The maximum atomic E-state index is 12.3. The van der Waals surface area contributed by atoms with Crippen molar-refractivity contribution in [2.24, 2.45) is 17.8 Å². The molecule has 0 amide bonds. The fraction of sp³-hybridized carbons (Fsp3) is 0.500. The first kappa shape index (κ1) is 30.1. The van der Waals surface area contributed by atoms with Crippen LogP contribution in [0.2, 0.25) is 0 Å². The molecule has 0 aliphatic heterocycles. The van der Waals surface area contributed by atoms with Gasteiger partial charge in [0.05, 0.1) is 6.10 Å². The van der Waals surface area contributed by atoms with Gasteiger partial charge in [-0.1, -0.05) is 42.5 Å². The quantitative estimate of drug-likeness (QED) is 0.273. The molecule has 220 valence electrons. The maximum absolute atomic E-state index is 12.3. The topological polar surface area (TPSA) is 114 Å². The van der Waals surface area contributed by atoms with Gasteiger partial charge < -0.3 is 23.7 Å². The summed E-state index contributed by atoms with van der Waals surface area (Å²) in [7, 11) is 0. The number of benzene rings is 2. The zero-order chi connectivity index (χ0) is 29.4. The smallest absolute Gasteiger partial charge is 0.344 e. The Balaban J connectivity index is 1.32. The van der Waals surface area contributed by atoms with E-state index in [9.17, 15) is 19.2 Å². The van der Waals surface area contributed by atoms with Crippen LogP contribution in [-0.4, -0.2) is 49.3 Å². The zero-order valence-electron chi connectivity index (χ0n) is 23.8. The van der Waals surface area contributed by atoms with Crippen molar-refractivity contribution in [3.63, 3.8) is 0 Å². The Morgan fingerprint density at radius 1 is 0.878 bits per heavy atom. The van der Waals surface area contributed by atoms with Gasteiger partial charge in [-0.15, -0.1) is 0 Å². The second kappa shape index (κ2) is 14.1. The molecule has 2 aliphatic carbocycles. The molecule has 0 spiro atoms. The number of rotatable bonds is 12. The molecule has 2 aliphatic rings. The standard InChI is InChI=1S/C32H38O9/c1-20(40-21(2)33)12-13-26-27-14-24-10-7-11-29(28(24)15-25(27)16-30(26)41-22(3)34)37-18-31(35)39-19-32(36)38-17-23-8-5-4-6-9-23/h4-11,20,25-27,30H,12-19H2,1-3H3/t20-,25-,26+,27-,30+/m0/s1. The molecule has 5 atom stereocenters.